The standard InChI is InChI=1S/C19H30N4O2/c1-13-7-5-8-14(2)18(13)22-17(24)11-21-19(25)15(3)23-10-6-9-16(12-23)20-4/h5,7-8,15-16,20H,6,9-12H2,1-4H3,(H,21,25)(H,22,24). The van der Waals surface area contributed by atoms with Crippen LogP contribution >= 0.6 is 0 Å². The lowest BCUT2D eigenvalue weighted by molar-refractivity contribution is -0.128. The van der Waals surface area contributed by atoms with E-state index in [0.717, 1.165) is 42.7 Å². The molecule has 2 unspecified atom stereocenters. The van der Waals surface area contributed by atoms with Gasteiger partial charge in [-0.15, -0.1) is 0 Å². The van der Waals surface area contributed by atoms with Crippen molar-refractivity contribution in [2.24, 2.45) is 0 Å². The topological polar surface area (TPSA) is 73.5 Å². The van der Waals surface area contributed by atoms with Crippen LogP contribution in [0.5, 0.6) is 0 Å². The third-order valence-electron chi connectivity index (χ3n) is 4.96. The van der Waals surface area contributed by atoms with Gasteiger partial charge in [0.05, 0.1) is 12.6 Å². The zero-order chi connectivity index (χ0) is 18.4. The van der Waals surface area contributed by atoms with E-state index in [0.29, 0.717) is 6.04 Å². The van der Waals surface area contributed by atoms with Gasteiger partial charge in [0.15, 0.2) is 0 Å². The van der Waals surface area contributed by atoms with Crippen molar-refractivity contribution in [2.75, 3.05) is 32.0 Å². The zero-order valence-electron chi connectivity index (χ0n) is 15.7. The normalized spacial score (nSPS) is 19.3. The largest absolute Gasteiger partial charge is 0.346 e. The minimum Gasteiger partial charge on any atom is -0.346 e. The Morgan fingerprint density at radius 1 is 1.28 bits per heavy atom. The van der Waals surface area contributed by atoms with E-state index in [4.69, 9.17) is 0 Å². The number of aryl methyl sites for hydroxylation is 2. The Labute approximate surface area is 150 Å². The molecule has 1 fully saturated rings. The molecule has 1 aliphatic heterocycles. The molecule has 1 aromatic carbocycles. The van der Waals surface area contributed by atoms with E-state index in [-0.39, 0.29) is 24.4 Å². The Morgan fingerprint density at radius 3 is 2.60 bits per heavy atom. The molecule has 1 saturated heterocycles. The molecular weight excluding hydrogens is 316 g/mol. The first-order chi connectivity index (χ1) is 11.9. The minimum atomic E-state index is -0.232. The van der Waals surface area contributed by atoms with Crippen LogP contribution in [-0.4, -0.2) is 55.5 Å². The Bertz CT molecular complexity index is 597. The average molecular weight is 346 g/mol. The number of para-hydroxylation sites is 1. The van der Waals surface area contributed by atoms with Crippen LogP contribution < -0.4 is 16.0 Å². The molecule has 2 rings (SSSR count). The Hall–Kier alpha value is -1.92. The fourth-order valence-corrected chi connectivity index (χ4v) is 3.27. The molecule has 2 amide bonds. The lowest BCUT2D eigenvalue weighted by Crippen LogP contribution is -2.53. The van der Waals surface area contributed by atoms with Gasteiger partial charge in [-0.1, -0.05) is 18.2 Å². The second kappa shape index (κ2) is 8.97. The molecular formula is C19H30N4O2. The smallest absolute Gasteiger partial charge is 0.243 e. The average Bonchev–Trinajstić information content (AvgIpc) is 2.62. The molecule has 25 heavy (non-hydrogen) atoms. The molecule has 0 aliphatic carbocycles. The lowest BCUT2D eigenvalue weighted by Gasteiger charge is -2.35. The number of rotatable bonds is 6. The fraction of sp³-hybridized carbons (Fsp3) is 0.579. The molecule has 0 radical (unpaired) electrons. The molecule has 138 valence electrons. The number of amides is 2. The number of likely N-dealkylation sites (tertiary alicyclic amines) is 1. The van der Waals surface area contributed by atoms with E-state index >= 15 is 0 Å². The summed E-state index contributed by atoms with van der Waals surface area (Å²) in [6.07, 6.45) is 2.22. The number of carbonyl (C=O) groups is 2. The number of nitrogens with zero attached hydrogens (tertiary/aromatic N) is 1. The Balaban J connectivity index is 1.83. The first kappa shape index (κ1) is 19.4. The third-order valence-corrected chi connectivity index (χ3v) is 4.96. The lowest BCUT2D eigenvalue weighted by atomic mass is 10.0. The van der Waals surface area contributed by atoms with Gasteiger partial charge < -0.3 is 16.0 Å². The van der Waals surface area contributed by atoms with Crippen molar-refractivity contribution >= 4 is 17.5 Å². The van der Waals surface area contributed by atoms with Crippen LogP contribution in [-0.2, 0) is 9.59 Å². The highest BCUT2D eigenvalue weighted by Crippen LogP contribution is 2.19. The summed E-state index contributed by atoms with van der Waals surface area (Å²) in [5.41, 5.74) is 2.85. The fourth-order valence-electron chi connectivity index (χ4n) is 3.27. The van der Waals surface area contributed by atoms with E-state index in [1.807, 2.05) is 46.0 Å². The van der Waals surface area contributed by atoms with Gasteiger partial charge in [0.1, 0.15) is 0 Å². The molecule has 0 spiro atoms. The number of carbonyl (C=O) groups excluding carboxylic acids is 2. The molecule has 0 saturated carbocycles. The summed E-state index contributed by atoms with van der Waals surface area (Å²) in [7, 11) is 1.96. The van der Waals surface area contributed by atoms with Crippen molar-refractivity contribution in [2.45, 2.75) is 45.7 Å². The first-order valence-electron chi connectivity index (χ1n) is 8.97. The van der Waals surface area contributed by atoms with Crippen LogP contribution in [0.2, 0.25) is 0 Å². The molecule has 2 atom stereocenters. The van der Waals surface area contributed by atoms with Crippen LogP contribution in [0.1, 0.15) is 30.9 Å². The summed E-state index contributed by atoms with van der Waals surface area (Å²) in [6, 6.07) is 6.07. The van der Waals surface area contributed by atoms with Gasteiger partial charge >= 0.3 is 0 Å². The van der Waals surface area contributed by atoms with Gasteiger partial charge in [0.2, 0.25) is 11.8 Å². The SMILES string of the molecule is CNC1CCCN(C(C)C(=O)NCC(=O)Nc2c(C)cccc2C)C1. The number of hydrogen-bond acceptors (Lipinski definition) is 4. The van der Waals surface area contributed by atoms with Crippen molar-refractivity contribution in [1.82, 2.24) is 15.5 Å². The Kier molecular flexibility index (Phi) is 6.96. The van der Waals surface area contributed by atoms with Crippen LogP contribution in [0.25, 0.3) is 0 Å². The number of nitrogens with one attached hydrogen (secondary N) is 3. The predicted octanol–water partition coefficient (Wildman–Crippen LogP) is 1.43. The number of benzene rings is 1. The van der Waals surface area contributed by atoms with E-state index < -0.39 is 0 Å². The van der Waals surface area contributed by atoms with Crippen LogP contribution in [0.4, 0.5) is 5.69 Å². The van der Waals surface area contributed by atoms with Crippen LogP contribution in [0.15, 0.2) is 18.2 Å². The van der Waals surface area contributed by atoms with Crippen LogP contribution in [0.3, 0.4) is 0 Å². The molecule has 0 bridgehead atoms. The summed E-state index contributed by atoms with van der Waals surface area (Å²) in [4.78, 5) is 26.7. The van der Waals surface area contributed by atoms with Gasteiger partial charge in [-0.3, -0.25) is 14.5 Å². The van der Waals surface area contributed by atoms with Crippen molar-refractivity contribution in [3.05, 3.63) is 29.3 Å². The van der Waals surface area contributed by atoms with Gasteiger partial charge in [-0.25, -0.2) is 0 Å². The highest BCUT2D eigenvalue weighted by atomic mass is 16.2. The molecule has 0 aromatic heterocycles. The van der Waals surface area contributed by atoms with Crippen molar-refractivity contribution < 1.29 is 9.59 Å². The molecule has 3 N–H and O–H groups in total. The number of likely N-dealkylation sites (N-methyl/N-ethyl adjacent to an activating group) is 1. The van der Waals surface area contributed by atoms with Crippen molar-refractivity contribution in [1.29, 1.82) is 0 Å². The third kappa shape index (κ3) is 5.28. The van der Waals surface area contributed by atoms with E-state index in [1.165, 1.54) is 0 Å². The van der Waals surface area contributed by atoms with Crippen LogP contribution in [0, 0.1) is 13.8 Å². The van der Waals surface area contributed by atoms with Crippen molar-refractivity contribution in [3.63, 3.8) is 0 Å². The van der Waals surface area contributed by atoms with Gasteiger partial charge in [0, 0.05) is 18.3 Å². The van der Waals surface area contributed by atoms with Gasteiger partial charge in [-0.2, -0.15) is 0 Å². The Morgan fingerprint density at radius 2 is 1.96 bits per heavy atom. The number of piperidine rings is 1. The maximum atomic E-state index is 12.4. The molecule has 1 aliphatic rings. The van der Waals surface area contributed by atoms with E-state index in [9.17, 15) is 9.59 Å². The quantitative estimate of drug-likeness (QED) is 0.729. The molecule has 6 heteroatoms. The summed E-state index contributed by atoms with van der Waals surface area (Å²) < 4.78 is 0. The zero-order valence-corrected chi connectivity index (χ0v) is 15.7. The summed E-state index contributed by atoms with van der Waals surface area (Å²) >= 11 is 0. The second-order valence-corrected chi connectivity index (χ2v) is 6.83. The highest BCUT2D eigenvalue weighted by Gasteiger charge is 2.26. The molecule has 1 heterocycles. The first-order valence-corrected chi connectivity index (χ1v) is 8.97. The van der Waals surface area contributed by atoms with Gasteiger partial charge in [0.25, 0.3) is 0 Å². The molecule has 1 aromatic rings. The summed E-state index contributed by atoms with van der Waals surface area (Å²) in [5.74, 6) is -0.307. The highest BCUT2D eigenvalue weighted by molar-refractivity contribution is 5.96. The van der Waals surface area contributed by atoms with Crippen molar-refractivity contribution in [3.8, 4) is 0 Å². The monoisotopic (exact) mass is 346 g/mol. The second-order valence-electron chi connectivity index (χ2n) is 6.83. The summed E-state index contributed by atoms with van der Waals surface area (Å²) in [6.45, 7) is 7.58. The number of anilines is 1. The maximum absolute atomic E-state index is 12.4. The number of hydrogen-bond donors (Lipinski definition) is 3. The maximum Gasteiger partial charge on any atom is 0.243 e. The van der Waals surface area contributed by atoms with Gasteiger partial charge in [-0.05, 0) is 58.3 Å². The predicted molar refractivity (Wildman–Crippen MR) is 101 cm³/mol. The van der Waals surface area contributed by atoms with E-state index in [2.05, 4.69) is 20.9 Å². The summed E-state index contributed by atoms with van der Waals surface area (Å²) in [5, 5.41) is 8.93. The molecule has 6 nitrogen and oxygen atoms in total. The van der Waals surface area contributed by atoms with E-state index in [1.54, 1.807) is 0 Å². The minimum absolute atomic E-state index is 0.0136.